The van der Waals surface area contributed by atoms with Crippen molar-refractivity contribution >= 4 is 22.9 Å². The molecule has 0 bridgehead atoms. The first-order chi connectivity index (χ1) is 5.83. The largest absolute Gasteiger partial charge is 0.271 e. The molecular formula is C8H11ClN2S. The number of thiophene rings is 1. The third-order valence-electron chi connectivity index (χ3n) is 2.25. The molecule has 1 unspecified atom stereocenters. The lowest BCUT2D eigenvalue weighted by Crippen LogP contribution is -2.29. The number of nitrogens with two attached hydrogens (primary N) is 1. The third-order valence-corrected chi connectivity index (χ3v) is 3.45. The zero-order valence-corrected chi connectivity index (χ0v) is 8.16. The fourth-order valence-corrected chi connectivity index (χ4v) is 2.44. The molecule has 0 spiro atoms. The van der Waals surface area contributed by atoms with E-state index in [2.05, 4.69) is 11.5 Å². The minimum absolute atomic E-state index is 0.267. The van der Waals surface area contributed by atoms with Gasteiger partial charge in [-0.2, -0.15) is 0 Å². The first kappa shape index (κ1) is 8.51. The molecule has 1 saturated carbocycles. The second-order valence-corrected chi connectivity index (χ2v) is 4.65. The maximum Gasteiger partial charge on any atom is 0.0976 e. The molecule has 1 aromatic heterocycles. The highest BCUT2D eigenvalue weighted by Crippen LogP contribution is 2.43. The van der Waals surface area contributed by atoms with Crippen molar-refractivity contribution in [3.05, 3.63) is 21.3 Å². The molecule has 4 heteroatoms. The number of hydrazine groups is 1. The molecule has 1 fully saturated rings. The Morgan fingerprint density at radius 3 is 2.83 bits per heavy atom. The van der Waals surface area contributed by atoms with E-state index in [0.29, 0.717) is 5.92 Å². The zero-order chi connectivity index (χ0) is 8.55. The van der Waals surface area contributed by atoms with Crippen molar-refractivity contribution in [3.8, 4) is 0 Å². The molecule has 0 amide bonds. The summed E-state index contributed by atoms with van der Waals surface area (Å²) in [5.41, 5.74) is 3.99. The molecule has 1 aliphatic carbocycles. The Bertz CT molecular complexity index is 270. The van der Waals surface area contributed by atoms with Gasteiger partial charge < -0.3 is 0 Å². The van der Waals surface area contributed by atoms with Crippen LogP contribution >= 0.6 is 22.9 Å². The molecule has 0 saturated heterocycles. The van der Waals surface area contributed by atoms with E-state index in [0.717, 1.165) is 9.90 Å². The summed E-state index contributed by atoms with van der Waals surface area (Å²) in [5, 5.41) is 2.00. The van der Waals surface area contributed by atoms with Gasteiger partial charge in [0.1, 0.15) is 0 Å². The molecule has 1 aromatic rings. The highest BCUT2D eigenvalue weighted by atomic mass is 35.5. The highest BCUT2D eigenvalue weighted by molar-refractivity contribution is 7.14. The lowest BCUT2D eigenvalue weighted by atomic mass is 10.1. The van der Waals surface area contributed by atoms with Gasteiger partial charge in [-0.05, 0) is 30.2 Å². The van der Waals surface area contributed by atoms with Gasteiger partial charge in [-0.3, -0.25) is 11.3 Å². The minimum atomic E-state index is 0.267. The van der Waals surface area contributed by atoms with Gasteiger partial charge in [-0.1, -0.05) is 11.6 Å². The van der Waals surface area contributed by atoms with E-state index in [4.69, 9.17) is 17.4 Å². The van der Waals surface area contributed by atoms with Gasteiger partial charge in [0, 0.05) is 5.56 Å². The lowest BCUT2D eigenvalue weighted by molar-refractivity contribution is 0.498. The molecule has 66 valence electrons. The van der Waals surface area contributed by atoms with Crippen LogP contribution in [0.4, 0.5) is 0 Å². The Labute approximate surface area is 80.7 Å². The number of halogens is 1. The third kappa shape index (κ3) is 1.50. The van der Waals surface area contributed by atoms with E-state index in [-0.39, 0.29) is 6.04 Å². The van der Waals surface area contributed by atoms with E-state index < -0.39 is 0 Å². The summed E-state index contributed by atoms with van der Waals surface area (Å²) in [6, 6.07) is 2.32. The lowest BCUT2D eigenvalue weighted by Gasteiger charge is -2.13. The monoisotopic (exact) mass is 202 g/mol. The topological polar surface area (TPSA) is 38.0 Å². The van der Waals surface area contributed by atoms with Crippen molar-refractivity contribution in [2.24, 2.45) is 11.8 Å². The summed E-state index contributed by atoms with van der Waals surface area (Å²) in [7, 11) is 0. The summed E-state index contributed by atoms with van der Waals surface area (Å²) in [4.78, 5) is 0. The summed E-state index contributed by atoms with van der Waals surface area (Å²) < 4.78 is 0.866. The quantitative estimate of drug-likeness (QED) is 0.583. The van der Waals surface area contributed by atoms with Gasteiger partial charge in [0.05, 0.1) is 10.4 Å². The van der Waals surface area contributed by atoms with Crippen LogP contribution in [0.3, 0.4) is 0 Å². The van der Waals surface area contributed by atoms with E-state index in [1.165, 1.54) is 12.8 Å². The second-order valence-electron chi connectivity index (χ2n) is 3.13. The number of rotatable bonds is 3. The predicted octanol–water partition coefficient (Wildman–Crippen LogP) is 2.32. The van der Waals surface area contributed by atoms with E-state index in [1.54, 1.807) is 11.3 Å². The molecule has 3 N–H and O–H groups in total. The maximum absolute atomic E-state index is 6.01. The molecule has 0 aliphatic heterocycles. The molecular weight excluding hydrogens is 192 g/mol. The summed E-state index contributed by atoms with van der Waals surface area (Å²) >= 11 is 7.57. The van der Waals surface area contributed by atoms with E-state index in [1.807, 2.05) is 5.38 Å². The van der Waals surface area contributed by atoms with E-state index in [9.17, 15) is 0 Å². The smallest absolute Gasteiger partial charge is 0.0976 e. The standard InChI is InChI=1S/C8H11ClN2S/c9-8-6(3-4-12-8)7(11-10)5-1-2-5/h3-5,7,11H,1-2,10H2. The van der Waals surface area contributed by atoms with Crippen molar-refractivity contribution in [1.82, 2.24) is 5.43 Å². The molecule has 1 aliphatic rings. The van der Waals surface area contributed by atoms with Crippen molar-refractivity contribution in [2.45, 2.75) is 18.9 Å². The van der Waals surface area contributed by atoms with Crippen LogP contribution in [0.25, 0.3) is 0 Å². The first-order valence-electron chi connectivity index (χ1n) is 4.02. The first-order valence-corrected chi connectivity index (χ1v) is 5.27. The predicted molar refractivity (Wildman–Crippen MR) is 52.1 cm³/mol. The van der Waals surface area contributed by atoms with Crippen molar-refractivity contribution in [1.29, 1.82) is 0 Å². The Kier molecular flexibility index (Phi) is 2.37. The Morgan fingerprint density at radius 1 is 1.67 bits per heavy atom. The molecule has 0 aromatic carbocycles. The molecule has 12 heavy (non-hydrogen) atoms. The van der Waals surface area contributed by atoms with Crippen LogP contribution in [0.2, 0.25) is 4.34 Å². The molecule has 0 radical (unpaired) electrons. The van der Waals surface area contributed by atoms with Gasteiger partial charge in [-0.15, -0.1) is 11.3 Å². The zero-order valence-electron chi connectivity index (χ0n) is 6.59. The molecule has 2 nitrogen and oxygen atoms in total. The highest BCUT2D eigenvalue weighted by Gasteiger charge is 2.32. The molecule has 2 rings (SSSR count). The van der Waals surface area contributed by atoms with Crippen molar-refractivity contribution in [3.63, 3.8) is 0 Å². The summed E-state index contributed by atoms with van der Waals surface area (Å²) in [6.07, 6.45) is 2.53. The van der Waals surface area contributed by atoms with Crippen LogP contribution in [0.15, 0.2) is 11.4 Å². The van der Waals surface area contributed by atoms with Crippen LogP contribution in [0.1, 0.15) is 24.4 Å². The van der Waals surface area contributed by atoms with Crippen molar-refractivity contribution in [2.75, 3.05) is 0 Å². The van der Waals surface area contributed by atoms with Gasteiger partial charge in [0.15, 0.2) is 0 Å². The normalized spacial score (nSPS) is 19.5. The van der Waals surface area contributed by atoms with Gasteiger partial charge >= 0.3 is 0 Å². The summed E-state index contributed by atoms with van der Waals surface area (Å²) in [5.74, 6) is 6.17. The van der Waals surface area contributed by atoms with Crippen LogP contribution in [0, 0.1) is 5.92 Å². The van der Waals surface area contributed by atoms with Crippen LogP contribution in [0.5, 0.6) is 0 Å². The number of nitrogens with one attached hydrogen (secondary N) is 1. The maximum atomic E-state index is 6.01. The van der Waals surface area contributed by atoms with Gasteiger partial charge in [0.25, 0.3) is 0 Å². The Balaban J connectivity index is 2.20. The second kappa shape index (κ2) is 3.34. The molecule has 1 atom stereocenters. The average Bonchev–Trinajstić information content (AvgIpc) is 2.80. The average molecular weight is 203 g/mol. The minimum Gasteiger partial charge on any atom is -0.271 e. The Morgan fingerprint density at radius 2 is 2.42 bits per heavy atom. The van der Waals surface area contributed by atoms with Crippen molar-refractivity contribution < 1.29 is 0 Å². The fraction of sp³-hybridized carbons (Fsp3) is 0.500. The number of hydrogen-bond acceptors (Lipinski definition) is 3. The van der Waals surface area contributed by atoms with Gasteiger partial charge in [0.2, 0.25) is 0 Å². The van der Waals surface area contributed by atoms with E-state index >= 15 is 0 Å². The van der Waals surface area contributed by atoms with Gasteiger partial charge in [-0.25, -0.2) is 0 Å². The van der Waals surface area contributed by atoms with Crippen LogP contribution in [-0.4, -0.2) is 0 Å². The SMILES string of the molecule is NNC(c1ccsc1Cl)C1CC1. The van der Waals surface area contributed by atoms with Crippen LogP contribution in [-0.2, 0) is 0 Å². The molecule has 1 heterocycles. The van der Waals surface area contributed by atoms with Crippen LogP contribution < -0.4 is 11.3 Å². The number of hydrogen-bond donors (Lipinski definition) is 2. The summed E-state index contributed by atoms with van der Waals surface area (Å²) in [6.45, 7) is 0. The Hall–Kier alpha value is -0.0900. The fourth-order valence-electron chi connectivity index (χ4n) is 1.44.